The van der Waals surface area contributed by atoms with Crippen LogP contribution in [0.2, 0.25) is 0 Å². The Morgan fingerprint density at radius 2 is 1.38 bits per heavy atom. The molecule has 0 aliphatic heterocycles. The molecule has 0 spiro atoms. The van der Waals surface area contributed by atoms with E-state index in [-0.39, 0.29) is 11.8 Å². The average molecular weight is 705 g/mol. The van der Waals surface area contributed by atoms with Crippen LogP contribution >= 0.6 is 0 Å². The van der Waals surface area contributed by atoms with Crippen LogP contribution in [-0.4, -0.2) is 95.6 Å². The van der Waals surface area contributed by atoms with Crippen LogP contribution in [-0.2, 0) is 33.5 Å². The molecule has 4 amide bonds. The molecular formula is C35H56N6O9. The Morgan fingerprint density at radius 3 is 1.92 bits per heavy atom. The first kappa shape index (κ1) is 42.2. The molecule has 0 heterocycles. The molecule has 1 aliphatic carbocycles. The molecule has 0 saturated heterocycles. The smallest absolute Gasteiger partial charge is 0.328 e. The number of benzene rings is 1. The predicted octanol–water partition coefficient (Wildman–Crippen LogP) is -0.567. The van der Waals surface area contributed by atoms with Crippen LogP contribution in [0.5, 0.6) is 0 Å². The number of hydrogen-bond acceptors (Lipinski definition) is 11. The lowest BCUT2D eigenvalue weighted by molar-refractivity contribution is -0.147. The lowest BCUT2D eigenvalue weighted by Crippen LogP contribution is -2.57. The van der Waals surface area contributed by atoms with Gasteiger partial charge in [-0.1, -0.05) is 64.4 Å². The highest BCUT2D eigenvalue weighted by Crippen LogP contribution is 2.40. The van der Waals surface area contributed by atoms with Crippen LogP contribution in [0.25, 0.3) is 0 Å². The van der Waals surface area contributed by atoms with Crippen molar-refractivity contribution in [1.82, 2.24) is 21.3 Å². The predicted molar refractivity (Wildman–Crippen MR) is 185 cm³/mol. The molecule has 1 aromatic rings. The molecule has 2 rings (SSSR count). The van der Waals surface area contributed by atoms with Crippen molar-refractivity contribution in [2.24, 2.45) is 41.1 Å². The van der Waals surface area contributed by atoms with Gasteiger partial charge in [-0.05, 0) is 50.0 Å². The van der Waals surface area contributed by atoms with Gasteiger partial charge in [0.1, 0.15) is 24.2 Å². The number of aliphatic hydroxyl groups is 2. The number of nitrogens with two attached hydrogens (primary N) is 2. The molecule has 15 nitrogen and oxygen atoms in total. The molecule has 1 saturated carbocycles. The van der Waals surface area contributed by atoms with Crippen molar-refractivity contribution >= 4 is 35.4 Å². The topological polar surface area (TPSA) is 252 Å². The Hall–Kier alpha value is -3.92. The van der Waals surface area contributed by atoms with Crippen molar-refractivity contribution in [2.45, 2.75) is 103 Å². The number of rotatable bonds is 18. The Morgan fingerprint density at radius 1 is 0.800 bits per heavy atom. The zero-order valence-corrected chi connectivity index (χ0v) is 30.1. The summed E-state index contributed by atoms with van der Waals surface area (Å²) in [4.78, 5) is 78.5. The van der Waals surface area contributed by atoms with E-state index in [0.29, 0.717) is 24.8 Å². The minimum absolute atomic E-state index is 0.272. The van der Waals surface area contributed by atoms with Gasteiger partial charge in [-0.2, -0.15) is 0 Å². The van der Waals surface area contributed by atoms with Crippen molar-refractivity contribution in [1.29, 1.82) is 0 Å². The molecule has 280 valence electrons. The summed E-state index contributed by atoms with van der Waals surface area (Å²) in [6.45, 7) is 9.23. The number of ether oxygens (including phenoxy) is 1. The van der Waals surface area contributed by atoms with E-state index in [1.54, 1.807) is 58.0 Å². The van der Waals surface area contributed by atoms with E-state index in [1.807, 2.05) is 0 Å². The maximum absolute atomic E-state index is 14.1. The van der Waals surface area contributed by atoms with E-state index in [0.717, 1.165) is 0 Å². The van der Waals surface area contributed by atoms with Gasteiger partial charge in [0.05, 0.1) is 31.8 Å². The van der Waals surface area contributed by atoms with Crippen molar-refractivity contribution in [3.8, 4) is 0 Å². The van der Waals surface area contributed by atoms with E-state index in [2.05, 4.69) is 21.3 Å². The first-order chi connectivity index (χ1) is 23.5. The SMILES string of the molecule is COC(=O)[C@@H](NC(=O)[C@@H](NC(=O)C1CCCC1C(O)C(C(=O)[C@H](C)NC(=O)[C@H](C)NC(=O)[C@@H](N)CO)C(N)c1ccccc1)C(C)C)C(C)C. The number of carbonyl (C=O) groups is 6. The van der Waals surface area contributed by atoms with Crippen LogP contribution in [0.4, 0.5) is 0 Å². The molecule has 50 heavy (non-hydrogen) atoms. The summed E-state index contributed by atoms with van der Waals surface area (Å²) >= 11 is 0. The average Bonchev–Trinajstić information content (AvgIpc) is 3.59. The van der Waals surface area contributed by atoms with Crippen molar-refractivity contribution in [3.63, 3.8) is 0 Å². The molecule has 10 N–H and O–H groups in total. The largest absolute Gasteiger partial charge is 0.467 e. The van der Waals surface area contributed by atoms with Gasteiger partial charge < -0.3 is 47.7 Å². The molecule has 1 aliphatic rings. The molecule has 0 aromatic heterocycles. The van der Waals surface area contributed by atoms with Gasteiger partial charge >= 0.3 is 5.97 Å². The number of nitrogens with one attached hydrogen (secondary N) is 4. The maximum Gasteiger partial charge on any atom is 0.328 e. The second-order valence-corrected chi connectivity index (χ2v) is 13.8. The highest BCUT2D eigenvalue weighted by atomic mass is 16.5. The van der Waals surface area contributed by atoms with Gasteiger partial charge in [-0.3, -0.25) is 24.0 Å². The molecule has 1 aromatic carbocycles. The van der Waals surface area contributed by atoms with Crippen molar-refractivity contribution < 1.29 is 43.7 Å². The van der Waals surface area contributed by atoms with Gasteiger partial charge in [-0.15, -0.1) is 0 Å². The van der Waals surface area contributed by atoms with E-state index in [9.17, 15) is 33.9 Å². The van der Waals surface area contributed by atoms with Gasteiger partial charge in [0.15, 0.2) is 5.78 Å². The van der Waals surface area contributed by atoms with Crippen LogP contribution in [0, 0.1) is 29.6 Å². The summed E-state index contributed by atoms with van der Waals surface area (Å²) in [6.07, 6.45) is -0.0594. The molecule has 1 fully saturated rings. The number of Topliss-reactive ketones (excluding diaryl/α,β-unsaturated/α-hetero) is 1. The Kier molecular flexibility index (Phi) is 16.4. The van der Waals surface area contributed by atoms with Gasteiger partial charge in [0.25, 0.3) is 0 Å². The minimum Gasteiger partial charge on any atom is -0.467 e. The summed E-state index contributed by atoms with van der Waals surface area (Å²) in [5, 5.41) is 31.5. The maximum atomic E-state index is 14.1. The number of carbonyl (C=O) groups excluding carboxylic acids is 6. The number of methoxy groups -OCH3 is 1. The zero-order chi connectivity index (χ0) is 37.9. The summed E-state index contributed by atoms with van der Waals surface area (Å²) in [5.74, 6) is -7.04. The van der Waals surface area contributed by atoms with Crippen LogP contribution < -0.4 is 32.7 Å². The fourth-order valence-corrected chi connectivity index (χ4v) is 6.26. The van der Waals surface area contributed by atoms with Gasteiger partial charge in [-0.25, -0.2) is 4.79 Å². The fourth-order valence-electron chi connectivity index (χ4n) is 6.26. The van der Waals surface area contributed by atoms with Crippen LogP contribution in [0.15, 0.2) is 30.3 Å². The quantitative estimate of drug-likeness (QED) is 0.0899. The third-order valence-electron chi connectivity index (χ3n) is 9.35. The number of aliphatic hydroxyl groups excluding tert-OH is 2. The molecule has 15 heteroatoms. The summed E-state index contributed by atoms with van der Waals surface area (Å²) < 4.78 is 4.83. The lowest BCUT2D eigenvalue weighted by Gasteiger charge is -2.35. The van der Waals surface area contributed by atoms with E-state index in [1.165, 1.54) is 21.0 Å². The lowest BCUT2D eigenvalue weighted by atomic mass is 9.75. The third-order valence-corrected chi connectivity index (χ3v) is 9.35. The normalized spacial score (nSPS) is 20.7. The van der Waals surface area contributed by atoms with E-state index in [4.69, 9.17) is 21.3 Å². The van der Waals surface area contributed by atoms with E-state index < -0.39 is 102 Å². The second-order valence-electron chi connectivity index (χ2n) is 13.8. The summed E-state index contributed by atoms with van der Waals surface area (Å²) in [6, 6.07) is 2.27. The molecule has 5 unspecified atom stereocenters. The van der Waals surface area contributed by atoms with Crippen molar-refractivity contribution in [3.05, 3.63) is 35.9 Å². The minimum atomic E-state index is -1.41. The fraction of sp³-hybridized carbons (Fsp3) is 0.657. The number of ketones is 1. The van der Waals surface area contributed by atoms with E-state index >= 15 is 0 Å². The van der Waals surface area contributed by atoms with Gasteiger partial charge in [0, 0.05) is 12.0 Å². The first-order valence-electron chi connectivity index (χ1n) is 17.1. The summed E-state index contributed by atoms with van der Waals surface area (Å²) in [7, 11) is 1.23. The molecular weight excluding hydrogens is 648 g/mol. The number of hydrogen-bond donors (Lipinski definition) is 8. The molecule has 0 bridgehead atoms. The molecule has 10 atom stereocenters. The second kappa shape index (κ2) is 19.5. The number of esters is 1. The standard InChI is InChI=1S/C35H56N6O9/c1-17(2)27(34(48)41-28(18(3)4)35(49)50-7)40-32(46)23-15-11-14-22(23)30(44)25(26(37)21-12-9-8-10-13-21)29(43)19(5)38-31(45)20(6)39-33(47)24(36)16-42/h8-10,12-13,17-20,22-28,30,42,44H,11,14-16,36-37H2,1-7H3,(H,38,45)(H,39,47)(H,40,46)(H,41,48)/t19-,20-,22?,23?,24-,25?,26?,27-,28-,30?/m0/s1. The Labute approximate surface area is 294 Å². The first-order valence-corrected chi connectivity index (χ1v) is 17.1. The summed E-state index contributed by atoms with van der Waals surface area (Å²) in [5.41, 5.74) is 12.7. The zero-order valence-electron chi connectivity index (χ0n) is 30.1. The monoisotopic (exact) mass is 704 g/mol. The highest BCUT2D eigenvalue weighted by Gasteiger charge is 2.46. The Balaban J connectivity index is 2.33. The number of amides is 4. The molecule has 0 radical (unpaired) electrons. The van der Waals surface area contributed by atoms with Crippen molar-refractivity contribution in [2.75, 3.05) is 13.7 Å². The third kappa shape index (κ3) is 11.0. The highest BCUT2D eigenvalue weighted by molar-refractivity contribution is 5.95. The van der Waals surface area contributed by atoms with Crippen LogP contribution in [0.3, 0.4) is 0 Å². The van der Waals surface area contributed by atoms with Gasteiger partial charge in [0.2, 0.25) is 23.6 Å². The Bertz CT molecular complexity index is 1330. The van der Waals surface area contributed by atoms with Crippen LogP contribution in [0.1, 0.15) is 72.4 Å².